The molecule has 19 heavy (non-hydrogen) atoms. The average Bonchev–Trinajstić information content (AvgIpc) is 2.40. The standard InChI is InChI=1S/C14H16BrN3O/c1-17-4-6-18(7-5-17)14-9-13(19)11-8-10(15)2-3-12(11)16-14/h2-3,8-9H,4-7H2,1H3,(H,16,19). The molecule has 0 bridgehead atoms. The summed E-state index contributed by atoms with van der Waals surface area (Å²) >= 11 is 3.40. The molecule has 1 fully saturated rings. The molecule has 0 amide bonds. The molecule has 0 radical (unpaired) electrons. The summed E-state index contributed by atoms with van der Waals surface area (Å²) in [5.41, 5.74) is 0.966. The lowest BCUT2D eigenvalue weighted by molar-refractivity contribution is 0.312. The Morgan fingerprint density at radius 2 is 1.89 bits per heavy atom. The quantitative estimate of drug-likeness (QED) is 0.873. The molecule has 0 aliphatic carbocycles. The number of fused-ring (bicyclic) bond motifs is 1. The molecule has 1 N–H and O–H groups in total. The number of hydrogen-bond acceptors (Lipinski definition) is 3. The summed E-state index contributed by atoms with van der Waals surface area (Å²) in [5, 5.41) is 0.729. The number of nitrogens with one attached hydrogen (secondary N) is 1. The van der Waals surface area contributed by atoms with Crippen LogP contribution in [0.25, 0.3) is 10.9 Å². The van der Waals surface area contributed by atoms with Gasteiger partial charge in [-0.25, -0.2) is 0 Å². The van der Waals surface area contributed by atoms with E-state index in [1.807, 2.05) is 18.2 Å². The predicted octanol–water partition coefficient (Wildman–Crippen LogP) is 2.04. The first kappa shape index (κ1) is 12.7. The van der Waals surface area contributed by atoms with Crippen LogP contribution in [0.3, 0.4) is 0 Å². The van der Waals surface area contributed by atoms with Crippen LogP contribution in [0.15, 0.2) is 33.5 Å². The van der Waals surface area contributed by atoms with E-state index in [4.69, 9.17) is 0 Å². The van der Waals surface area contributed by atoms with E-state index in [1.54, 1.807) is 6.07 Å². The Morgan fingerprint density at radius 1 is 1.16 bits per heavy atom. The summed E-state index contributed by atoms with van der Waals surface area (Å²) in [6, 6.07) is 7.47. The number of anilines is 1. The lowest BCUT2D eigenvalue weighted by Gasteiger charge is -2.33. The van der Waals surface area contributed by atoms with Crippen LogP contribution in [0.2, 0.25) is 0 Å². The SMILES string of the molecule is CN1CCN(c2cc(=O)c3cc(Br)ccc3[nH]2)CC1. The van der Waals surface area contributed by atoms with Crippen LogP contribution in [-0.4, -0.2) is 43.1 Å². The van der Waals surface area contributed by atoms with Gasteiger partial charge in [0.1, 0.15) is 5.82 Å². The van der Waals surface area contributed by atoms with Gasteiger partial charge in [0, 0.05) is 42.1 Å². The van der Waals surface area contributed by atoms with E-state index >= 15 is 0 Å². The lowest BCUT2D eigenvalue weighted by Crippen LogP contribution is -2.45. The molecule has 0 atom stereocenters. The van der Waals surface area contributed by atoms with Crippen molar-refractivity contribution >= 4 is 32.7 Å². The van der Waals surface area contributed by atoms with Crippen molar-refractivity contribution in [3.05, 3.63) is 39.0 Å². The molecule has 0 unspecified atom stereocenters. The smallest absolute Gasteiger partial charge is 0.191 e. The fourth-order valence-electron chi connectivity index (χ4n) is 2.42. The molecule has 0 saturated carbocycles. The number of rotatable bonds is 1. The van der Waals surface area contributed by atoms with Gasteiger partial charge in [0.05, 0.1) is 5.52 Å². The van der Waals surface area contributed by atoms with Gasteiger partial charge in [-0.2, -0.15) is 0 Å². The molecule has 100 valence electrons. The van der Waals surface area contributed by atoms with Crippen LogP contribution in [0.4, 0.5) is 5.82 Å². The normalized spacial score (nSPS) is 17.1. The van der Waals surface area contributed by atoms with Crippen molar-refractivity contribution in [3.8, 4) is 0 Å². The molecule has 4 nitrogen and oxygen atoms in total. The van der Waals surface area contributed by atoms with Gasteiger partial charge >= 0.3 is 0 Å². The number of piperazine rings is 1. The molecule has 1 aromatic heterocycles. The van der Waals surface area contributed by atoms with Gasteiger partial charge in [-0.15, -0.1) is 0 Å². The molecule has 5 heteroatoms. The van der Waals surface area contributed by atoms with Crippen molar-refractivity contribution in [3.63, 3.8) is 0 Å². The molecule has 2 heterocycles. The van der Waals surface area contributed by atoms with E-state index in [2.05, 4.69) is 37.8 Å². The van der Waals surface area contributed by atoms with Gasteiger partial charge in [0.2, 0.25) is 0 Å². The molecule has 3 rings (SSSR count). The van der Waals surface area contributed by atoms with Gasteiger partial charge in [-0.3, -0.25) is 4.79 Å². The van der Waals surface area contributed by atoms with Crippen molar-refractivity contribution < 1.29 is 0 Å². The monoisotopic (exact) mass is 321 g/mol. The molecule has 1 aliphatic heterocycles. The summed E-state index contributed by atoms with van der Waals surface area (Å²) in [6.07, 6.45) is 0. The zero-order valence-corrected chi connectivity index (χ0v) is 12.4. The topological polar surface area (TPSA) is 39.3 Å². The fraction of sp³-hybridized carbons (Fsp3) is 0.357. The number of nitrogens with zero attached hydrogens (tertiary/aromatic N) is 2. The van der Waals surface area contributed by atoms with Gasteiger partial charge < -0.3 is 14.8 Å². The second-order valence-electron chi connectivity index (χ2n) is 5.00. The maximum atomic E-state index is 12.2. The van der Waals surface area contributed by atoms with Crippen LogP contribution >= 0.6 is 15.9 Å². The molecule has 0 spiro atoms. The van der Waals surface area contributed by atoms with Crippen molar-refractivity contribution in [1.82, 2.24) is 9.88 Å². The highest BCUT2D eigenvalue weighted by Gasteiger charge is 2.15. The van der Waals surface area contributed by atoms with Crippen molar-refractivity contribution in [1.29, 1.82) is 0 Å². The van der Waals surface area contributed by atoms with E-state index in [9.17, 15) is 4.79 Å². The third-order valence-corrected chi connectivity index (χ3v) is 4.11. The Labute approximate surface area is 120 Å². The van der Waals surface area contributed by atoms with Crippen LogP contribution in [-0.2, 0) is 0 Å². The summed E-state index contributed by atoms with van der Waals surface area (Å²) in [4.78, 5) is 20.1. The lowest BCUT2D eigenvalue weighted by atomic mass is 10.2. The minimum absolute atomic E-state index is 0.0731. The van der Waals surface area contributed by atoms with E-state index in [0.717, 1.165) is 47.4 Å². The second kappa shape index (κ2) is 4.98. The Kier molecular flexibility index (Phi) is 3.33. The van der Waals surface area contributed by atoms with Gasteiger partial charge in [-0.1, -0.05) is 15.9 Å². The van der Waals surface area contributed by atoms with Gasteiger partial charge in [-0.05, 0) is 25.2 Å². The number of pyridine rings is 1. The maximum absolute atomic E-state index is 12.2. The first-order valence-corrected chi connectivity index (χ1v) is 7.19. The molecule has 1 aromatic carbocycles. The zero-order chi connectivity index (χ0) is 13.4. The van der Waals surface area contributed by atoms with Crippen LogP contribution < -0.4 is 10.3 Å². The first-order valence-electron chi connectivity index (χ1n) is 6.39. The van der Waals surface area contributed by atoms with Crippen LogP contribution in [0.1, 0.15) is 0 Å². The van der Waals surface area contributed by atoms with E-state index in [0.29, 0.717) is 0 Å². The van der Waals surface area contributed by atoms with Crippen molar-refractivity contribution in [2.24, 2.45) is 0 Å². The summed E-state index contributed by atoms with van der Waals surface area (Å²) in [6.45, 7) is 3.96. The van der Waals surface area contributed by atoms with E-state index in [-0.39, 0.29) is 5.43 Å². The summed E-state index contributed by atoms with van der Waals surface area (Å²) in [7, 11) is 2.12. The highest BCUT2D eigenvalue weighted by molar-refractivity contribution is 9.10. The summed E-state index contributed by atoms with van der Waals surface area (Å²) in [5.74, 6) is 0.924. The Balaban J connectivity index is 2.01. The minimum atomic E-state index is 0.0731. The number of benzene rings is 1. The summed E-state index contributed by atoms with van der Waals surface area (Å²) < 4.78 is 0.929. The fourth-order valence-corrected chi connectivity index (χ4v) is 2.78. The number of aromatic amines is 1. The first-order chi connectivity index (χ1) is 9.13. The highest BCUT2D eigenvalue weighted by atomic mass is 79.9. The number of aromatic nitrogens is 1. The molecular formula is C14H16BrN3O. The predicted molar refractivity (Wildman–Crippen MR) is 82.0 cm³/mol. The van der Waals surface area contributed by atoms with Crippen LogP contribution in [0.5, 0.6) is 0 Å². The second-order valence-corrected chi connectivity index (χ2v) is 5.91. The number of likely N-dealkylation sites (N-methyl/N-ethyl adjacent to an activating group) is 1. The highest BCUT2D eigenvalue weighted by Crippen LogP contribution is 2.19. The van der Waals surface area contributed by atoms with Gasteiger partial charge in [0.25, 0.3) is 0 Å². The third kappa shape index (κ3) is 2.53. The third-order valence-electron chi connectivity index (χ3n) is 3.62. The van der Waals surface area contributed by atoms with Crippen LogP contribution in [0, 0.1) is 0 Å². The average molecular weight is 322 g/mol. The molecule has 1 aliphatic rings. The largest absolute Gasteiger partial charge is 0.355 e. The zero-order valence-electron chi connectivity index (χ0n) is 10.8. The van der Waals surface area contributed by atoms with E-state index in [1.165, 1.54) is 0 Å². The molecular weight excluding hydrogens is 306 g/mol. The molecule has 2 aromatic rings. The van der Waals surface area contributed by atoms with Crippen molar-refractivity contribution in [2.45, 2.75) is 0 Å². The Bertz CT molecular complexity index is 659. The molecule has 1 saturated heterocycles. The Morgan fingerprint density at radius 3 is 2.63 bits per heavy atom. The van der Waals surface area contributed by atoms with E-state index < -0.39 is 0 Å². The minimum Gasteiger partial charge on any atom is -0.355 e. The number of hydrogen-bond donors (Lipinski definition) is 1. The van der Waals surface area contributed by atoms with Gasteiger partial charge in [0.15, 0.2) is 5.43 Å². The number of halogens is 1. The number of H-pyrrole nitrogens is 1. The maximum Gasteiger partial charge on any atom is 0.191 e. The Hall–Kier alpha value is -1.33. The van der Waals surface area contributed by atoms with Crippen molar-refractivity contribution in [2.75, 3.05) is 38.1 Å².